The lowest BCUT2D eigenvalue weighted by Crippen LogP contribution is -2.30. The van der Waals surface area contributed by atoms with Crippen LogP contribution in [0.5, 0.6) is 5.75 Å². The molecular weight excluding hydrogens is 472 g/mol. The van der Waals surface area contributed by atoms with Crippen LogP contribution in [0.3, 0.4) is 0 Å². The van der Waals surface area contributed by atoms with Gasteiger partial charge in [0.25, 0.3) is 5.91 Å². The Kier molecular flexibility index (Phi) is 5.53. The number of halogens is 1. The third-order valence-corrected chi connectivity index (χ3v) is 6.12. The normalized spacial score (nSPS) is 15.8. The summed E-state index contributed by atoms with van der Waals surface area (Å²) < 4.78 is 16.7. The monoisotopic (exact) mass is 492 g/mol. The largest absolute Gasteiger partial charge is 0.503 e. The number of ether oxygens (including phenoxy) is 1. The number of carbonyl (C=O) groups excluding carboxylic acids is 2. The van der Waals surface area contributed by atoms with Crippen molar-refractivity contribution in [1.82, 2.24) is 0 Å². The minimum absolute atomic E-state index is 0.0729. The van der Waals surface area contributed by atoms with Gasteiger partial charge in [0, 0.05) is 41.9 Å². The SMILES string of the molecule is COc1cc(Cl)cc2cc(C(=O)C3=C(O)C(=O)N(c4ccc(N(C)C)cc4)C3c3ccco3)oc12. The van der Waals surface area contributed by atoms with E-state index in [0.29, 0.717) is 33.2 Å². The number of aliphatic hydroxyl groups excluding tert-OH is 1. The van der Waals surface area contributed by atoms with Gasteiger partial charge in [-0.2, -0.15) is 0 Å². The Hall–Kier alpha value is -4.17. The Morgan fingerprint density at radius 3 is 2.51 bits per heavy atom. The van der Waals surface area contributed by atoms with E-state index >= 15 is 0 Å². The summed E-state index contributed by atoms with van der Waals surface area (Å²) in [5, 5.41) is 11.8. The molecule has 178 valence electrons. The van der Waals surface area contributed by atoms with Crippen molar-refractivity contribution >= 4 is 45.6 Å². The van der Waals surface area contributed by atoms with E-state index in [1.54, 1.807) is 36.4 Å². The molecule has 1 aliphatic heterocycles. The number of hydrogen-bond acceptors (Lipinski definition) is 7. The van der Waals surface area contributed by atoms with Crippen LogP contribution in [0.2, 0.25) is 5.02 Å². The van der Waals surface area contributed by atoms with Gasteiger partial charge in [0.05, 0.1) is 18.9 Å². The highest BCUT2D eigenvalue weighted by molar-refractivity contribution is 6.31. The van der Waals surface area contributed by atoms with E-state index < -0.39 is 23.5 Å². The molecule has 0 radical (unpaired) electrons. The van der Waals surface area contributed by atoms with Crippen LogP contribution in [-0.4, -0.2) is 38.0 Å². The van der Waals surface area contributed by atoms with Crippen LogP contribution in [-0.2, 0) is 4.79 Å². The molecule has 1 unspecified atom stereocenters. The van der Waals surface area contributed by atoms with Gasteiger partial charge in [0.15, 0.2) is 22.9 Å². The molecule has 0 fully saturated rings. The first-order valence-electron chi connectivity index (χ1n) is 10.7. The molecule has 1 amide bonds. The summed E-state index contributed by atoms with van der Waals surface area (Å²) in [7, 11) is 5.27. The molecule has 3 heterocycles. The maximum Gasteiger partial charge on any atom is 0.294 e. The first-order valence-corrected chi connectivity index (χ1v) is 11.1. The first kappa shape index (κ1) is 22.6. The Morgan fingerprint density at radius 2 is 1.89 bits per heavy atom. The number of hydrogen-bond donors (Lipinski definition) is 1. The number of furan rings is 2. The smallest absolute Gasteiger partial charge is 0.294 e. The van der Waals surface area contributed by atoms with Gasteiger partial charge in [-0.05, 0) is 48.5 Å². The molecule has 35 heavy (non-hydrogen) atoms. The topological polar surface area (TPSA) is 96.4 Å². The third kappa shape index (κ3) is 3.72. The van der Waals surface area contributed by atoms with E-state index in [4.69, 9.17) is 25.2 Å². The predicted octanol–water partition coefficient (Wildman–Crippen LogP) is 5.54. The summed E-state index contributed by atoms with van der Waals surface area (Å²) in [6.07, 6.45) is 1.44. The lowest BCUT2D eigenvalue weighted by atomic mass is 9.99. The Morgan fingerprint density at radius 1 is 1.14 bits per heavy atom. The number of fused-ring (bicyclic) bond motifs is 1. The fourth-order valence-electron chi connectivity index (χ4n) is 4.21. The molecule has 0 aliphatic carbocycles. The predicted molar refractivity (Wildman–Crippen MR) is 131 cm³/mol. The molecule has 2 aromatic carbocycles. The lowest BCUT2D eigenvalue weighted by molar-refractivity contribution is -0.117. The lowest BCUT2D eigenvalue weighted by Gasteiger charge is -2.25. The van der Waals surface area contributed by atoms with Crippen molar-refractivity contribution in [2.24, 2.45) is 0 Å². The quantitative estimate of drug-likeness (QED) is 0.353. The summed E-state index contributed by atoms with van der Waals surface area (Å²) in [6.45, 7) is 0. The minimum Gasteiger partial charge on any atom is -0.503 e. The second-order valence-corrected chi connectivity index (χ2v) is 8.67. The molecule has 4 aromatic rings. The average molecular weight is 493 g/mol. The molecule has 8 nitrogen and oxygen atoms in total. The molecule has 2 aromatic heterocycles. The number of rotatable bonds is 6. The number of aliphatic hydroxyl groups is 1. The van der Waals surface area contributed by atoms with Crippen LogP contribution in [0.25, 0.3) is 11.0 Å². The van der Waals surface area contributed by atoms with Crippen molar-refractivity contribution in [3.8, 4) is 5.75 Å². The van der Waals surface area contributed by atoms with Gasteiger partial charge in [-0.25, -0.2) is 0 Å². The fourth-order valence-corrected chi connectivity index (χ4v) is 4.43. The molecule has 5 rings (SSSR count). The maximum atomic E-state index is 13.7. The highest BCUT2D eigenvalue weighted by Crippen LogP contribution is 2.43. The van der Waals surface area contributed by atoms with Crippen LogP contribution in [0.15, 0.2) is 81.0 Å². The molecule has 1 atom stereocenters. The highest BCUT2D eigenvalue weighted by atomic mass is 35.5. The van der Waals surface area contributed by atoms with Crippen molar-refractivity contribution in [2.75, 3.05) is 31.0 Å². The van der Waals surface area contributed by atoms with Crippen LogP contribution in [0.1, 0.15) is 22.4 Å². The second kappa shape index (κ2) is 8.56. The van der Waals surface area contributed by atoms with Gasteiger partial charge in [-0.3, -0.25) is 14.5 Å². The Balaban J connectivity index is 1.61. The molecule has 1 N–H and O–H groups in total. The van der Waals surface area contributed by atoms with Crippen molar-refractivity contribution in [1.29, 1.82) is 0 Å². The number of carbonyl (C=O) groups is 2. The molecule has 9 heteroatoms. The number of anilines is 2. The number of ketones is 1. The number of Topliss-reactive ketones (excluding diaryl/α,β-unsaturated/α-hetero) is 1. The van der Waals surface area contributed by atoms with Crippen LogP contribution < -0.4 is 14.5 Å². The number of amides is 1. The van der Waals surface area contributed by atoms with Crippen molar-refractivity contribution in [2.45, 2.75) is 6.04 Å². The first-order chi connectivity index (χ1) is 16.8. The van der Waals surface area contributed by atoms with E-state index in [2.05, 4.69) is 0 Å². The highest BCUT2D eigenvalue weighted by Gasteiger charge is 2.46. The molecule has 1 aliphatic rings. The van der Waals surface area contributed by atoms with Crippen LogP contribution in [0.4, 0.5) is 11.4 Å². The third-order valence-electron chi connectivity index (χ3n) is 5.90. The van der Waals surface area contributed by atoms with Crippen molar-refractivity contribution in [3.05, 3.63) is 88.7 Å². The maximum absolute atomic E-state index is 13.7. The number of nitrogens with zero attached hydrogens (tertiary/aromatic N) is 2. The zero-order valence-electron chi connectivity index (χ0n) is 19.1. The molecular formula is C26H21ClN2O6. The van der Waals surface area contributed by atoms with Crippen LogP contribution >= 0.6 is 11.6 Å². The Bertz CT molecular complexity index is 1470. The zero-order valence-corrected chi connectivity index (χ0v) is 19.9. The average Bonchev–Trinajstić information content (AvgIpc) is 3.57. The van der Waals surface area contributed by atoms with Crippen molar-refractivity contribution in [3.63, 3.8) is 0 Å². The molecule has 0 bridgehead atoms. The summed E-state index contributed by atoms with van der Waals surface area (Å²) in [5.41, 5.74) is 1.61. The number of benzene rings is 2. The van der Waals surface area contributed by atoms with E-state index in [1.807, 2.05) is 31.1 Å². The minimum atomic E-state index is -0.992. The van der Waals surface area contributed by atoms with Crippen molar-refractivity contribution < 1.29 is 28.3 Å². The second-order valence-electron chi connectivity index (χ2n) is 8.23. The summed E-state index contributed by atoms with van der Waals surface area (Å²) in [6, 6.07) is 14.2. The molecule has 0 saturated heterocycles. The zero-order chi connectivity index (χ0) is 24.9. The van der Waals surface area contributed by atoms with E-state index in [9.17, 15) is 14.7 Å². The number of methoxy groups -OCH3 is 1. The van der Waals surface area contributed by atoms with E-state index in [-0.39, 0.29) is 11.3 Å². The molecule has 0 saturated carbocycles. The van der Waals surface area contributed by atoms with Gasteiger partial charge in [0.2, 0.25) is 5.78 Å². The fraction of sp³-hybridized carbons (Fsp3) is 0.154. The van der Waals surface area contributed by atoms with E-state index in [1.165, 1.54) is 24.3 Å². The summed E-state index contributed by atoms with van der Waals surface area (Å²) in [5.74, 6) is -1.44. The van der Waals surface area contributed by atoms with E-state index in [0.717, 1.165) is 5.69 Å². The summed E-state index contributed by atoms with van der Waals surface area (Å²) in [4.78, 5) is 30.2. The van der Waals surface area contributed by atoms with Gasteiger partial charge >= 0.3 is 0 Å². The van der Waals surface area contributed by atoms with Gasteiger partial charge in [-0.15, -0.1) is 0 Å². The van der Waals surface area contributed by atoms with Gasteiger partial charge in [-0.1, -0.05) is 11.6 Å². The van der Waals surface area contributed by atoms with Crippen LogP contribution in [0, 0.1) is 0 Å². The van der Waals surface area contributed by atoms with Gasteiger partial charge < -0.3 is 23.6 Å². The summed E-state index contributed by atoms with van der Waals surface area (Å²) >= 11 is 6.15. The molecule has 0 spiro atoms. The Labute approximate surface area is 205 Å². The van der Waals surface area contributed by atoms with Gasteiger partial charge in [0.1, 0.15) is 11.8 Å². The standard InChI is InChI=1S/C26H21ClN2O6/c1-28(2)16-6-8-17(9-7-16)29-22(18-5-4-10-34-18)21(24(31)26(29)32)23(30)19-12-14-11-15(27)13-20(33-3)25(14)35-19/h4-13,22,31H,1-3H3.